The number of hydrogen-bond donors (Lipinski definition) is 1. The number of likely N-dealkylation sites (tertiary alicyclic amines) is 1. The Balaban J connectivity index is 1.46. The van der Waals surface area contributed by atoms with Gasteiger partial charge in [-0.25, -0.2) is 0 Å². The first-order valence-electron chi connectivity index (χ1n) is 9.75. The highest BCUT2D eigenvalue weighted by Crippen LogP contribution is 2.51. The van der Waals surface area contributed by atoms with Crippen LogP contribution < -0.4 is 0 Å². The van der Waals surface area contributed by atoms with E-state index < -0.39 is 0 Å². The van der Waals surface area contributed by atoms with Crippen LogP contribution in [0.4, 0.5) is 0 Å². The SMILES string of the molecule is CCO[C@H]1C[C@H](O)C12CCN(C(=O)c1cc(C)n(C3CC3)c1C)CC2. The molecule has 0 aromatic carbocycles. The summed E-state index contributed by atoms with van der Waals surface area (Å²) in [5.74, 6) is 0.150. The Hall–Kier alpha value is -1.33. The highest BCUT2D eigenvalue weighted by Gasteiger charge is 2.56. The molecular weight excluding hydrogens is 316 g/mol. The monoisotopic (exact) mass is 346 g/mol. The molecule has 1 N–H and O–H groups in total. The van der Waals surface area contributed by atoms with Crippen LogP contribution in [0.3, 0.4) is 0 Å². The molecule has 3 fully saturated rings. The summed E-state index contributed by atoms with van der Waals surface area (Å²) in [7, 11) is 0. The molecule has 2 aliphatic carbocycles. The molecule has 138 valence electrons. The second-order valence-electron chi connectivity index (χ2n) is 8.11. The van der Waals surface area contributed by atoms with E-state index in [0.717, 1.165) is 30.5 Å². The first-order valence-corrected chi connectivity index (χ1v) is 9.75. The lowest BCUT2D eigenvalue weighted by molar-refractivity contribution is -0.207. The van der Waals surface area contributed by atoms with Gasteiger partial charge in [0.05, 0.1) is 17.8 Å². The average Bonchev–Trinajstić information content (AvgIpc) is 3.39. The van der Waals surface area contributed by atoms with E-state index in [0.29, 0.717) is 25.7 Å². The molecule has 1 spiro atoms. The van der Waals surface area contributed by atoms with Crippen LogP contribution in [0.15, 0.2) is 6.07 Å². The zero-order valence-corrected chi connectivity index (χ0v) is 15.6. The van der Waals surface area contributed by atoms with E-state index in [1.54, 1.807) is 0 Å². The number of nitrogens with zero attached hydrogens (tertiary/aromatic N) is 2. The number of rotatable bonds is 4. The lowest BCUT2D eigenvalue weighted by Crippen LogP contribution is -2.62. The number of amides is 1. The van der Waals surface area contributed by atoms with Crippen molar-refractivity contribution in [2.75, 3.05) is 19.7 Å². The second-order valence-corrected chi connectivity index (χ2v) is 8.11. The Bertz CT molecular complexity index is 667. The molecule has 5 heteroatoms. The molecule has 1 saturated heterocycles. The number of carbonyl (C=O) groups excluding carboxylic acids is 1. The van der Waals surface area contributed by atoms with Crippen molar-refractivity contribution in [3.05, 3.63) is 23.0 Å². The third-order valence-corrected chi connectivity index (χ3v) is 6.72. The summed E-state index contributed by atoms with van der Waals surface area (Å²) in [5, 5.41) is 10.3. The van der Waals surface area contributed by atoms with Crippen LogP contribution in [-0.4, -0.2) is 52.4 Å². The van der Waals surface area contributed by atoms with Crippen molar-refractivity contribution in [3.63, 3.8) is 0 Å². The number of aromatic nitrogens is 1. The van der Waals surface area contributed by atoms with E-state index >= 15 is 0 Å². The number of hydrogen-bond acceptors (Lipinski definition) is 3. The minimum atomic E-state index is -0.277. The first-order chi connectivity index (χ1) is 12.0. The third kappa shape index (κ3) is 2.63. The van der Waals surface area contributed by atoms with Gasteiger partial charge in [0.1, 0.15) is 0 Å². The minimum Gasteiger partial charge on any atom is -0.392 e. The summed E-state index contributed by atoms with van der Waals surface area (Å²) in [6.45, 7) is 8.30. The van der Waals surface area contributed by atoms with Gasteiger partial charge in [0.15, 0.2) is 0 Å². The van der Waals surface area contributed by atoms with E-state index in [-0.39, 0.29) is 23.5 Å². The highest BCUT2D eigenvalue weighted by molar-refractivity contribution is 5.95. The molecule has 0 bridgehead atoms. The van der Waals surface area contributed by atoms with Crippen LogP contribution in [0.1, 0.15) is 66.8 Å². The van der Waals surface area contributed by atoms with Gasteiger partial charge in [-0.3, -0.25) is 4.79 Å². The number of aliphatic hydroxyl groups is 1. The maximum Gasteiger partial charge on any atom is 0.255 e. The summed E-state index contributed by atoms with van der Waals surface area (Å²) in [6, 6.07) is 2.66. The molecule has 0 radical (unpaired) electrons. The Morgan fingerprint density at radius 2 is 2.00 bits per heavy atom. The molecular formula is C20H30N2O3. The maximum atomic E-state index is 13.1. The summed E-state index contributed by atoms with van der Waals surface area (Å²) in [6.07, 6.45) is 4.76. The lowest BCUT2D eigenvalue weighted by Gasteiger charge is -2.56. The quantitative estimate of drug-likeness (QED) is 0.912. The summed E-state index contributed by atoms with van der Waals surface area (Å²) < 4.78 is 8.16. The van der Waals surface area contributed by atoms with Gasteiger partial charge in [-0.1, -0.05) is 0 Å². The topological polar surface area (TPSA) is 54.7 Å². The van der Waals surface area contributed by atoms with Gasteiger partial charge in [-0.2, -0.15) is 0 Å². The van der Waals surface area contributed by atoms with Gasteiger partial charge in [0.2, 0.25) is 0 Å². The smallest absolute Gasteiger partial charge is 0.255 e. The molecule has 5 nitrogen and oxygen atoms in total. The van der Waals surface area contributed by atoms with Crippen LogP contribution in [0.5, 0.6) is 0 Å². The third-order valence-electron chi connectivity index (χ3n) is 6.72. The molecule has 0 unspecified atom stereocenters. The molecule has 1 aromatic heterocycles. The van der Waals surface area contributed by atoms with Crippen LogP contribution in [0.25, 0.3) is 0 Å². The van der Waals surface area contributed by atoms with Crippen molar-refractivity contribution in [1.82, 2.24) is 9.47 Å². The van der Waals surface area contributed by atoms with E-state index in [9.17, 15) is 9.90 Å². The van der Waals surface area contributed by atoms with Gasteiger partial charge in [0, 0.05) is 49.0 Å². The van der Waals surface area contributed by atoms with Crippen molar-refractivity contribution in [2.45, 2.75) is 71.1 Å². The number of aryl methyl sites for hydroxylation is 1. The molecule has 1 amide bonds. The molecule has 2 atom stereocenters. The number of aliphatic hydroxyl groups excluding tert-OH is 1. The van der Waals surface area contributed by atoms with Crippen LogP contribution in [-0.2, 0) is 4.74 Å². The molecule has 2 saturated carbocycles. The second kappa shape index (κ2) is 6.13. The van der Waals surface area contributed by atoms with Gasteiger partial charge >= 0.3 is 0 Å². The van der Waals surface area contributed by atoms with Gasteiger partial charge in [-0.05, 0) is 52.5 Å². The average molecular weight is 346 g/mol. The predicted molar refractivity (Wildman–Crippen MR) is 95.8 cm³/mol. The molecule has 2 heterocycles. The lowest BCUT2D eigenvalue weighted by atomic mass is 9.58. The van der Waals surface area contributed by atoms with Crippen LogP contribution >= 0.6 is 0 Å². The first kappa shape index (κ1) is 17.1. The molecule has 4 rings (SSSR count). The van der Waals surface area contributed by atoms with Gasteiger partial charge < -0.3 is 19.3 Å². The van der Waals surface area contributed by atoms with Crippen molar-refractivity contribution < 1.29 is 14.6 Å². The normalized spacial score (nSPS) is 28.2. The standard InChI is InChI=1S/C20H30N2O3/c1-4-25-18-12-17(23)20(18)7-9-21(10-8-20)19(24)16-11-13(2)22(14(16)3)15-5-6-15/h11,15,17-18,23H,4-10,12H2,1-3H3/t17-,18-/m0/s1. The minimum absolute atomic E-state index is 0.127. The van der Waals surface area contributed by atoms with Gasteiger partial charge in [0.25, 0.3) is 5.91 Å². The Morgan fingerprint density at radius 1 is 1.32 bits per heavy atom. The fourth-order valence-electron chi connectivity index (χ4n) is 5.00. The Morgan fingerprint density at radius 3 is 2.56 bits per heavy atom. The number of piperidine rings is 1. The molecule has 3 aliphatic rings. The largest absolute Gasteiger partial charge is 0.392 e. The molecule has 25 heavy (non-hydrogen) atoms. The zero-order valence-electron chi connectivity index (χ0n) is 15.6. The fraction of sp³-hybridized carbons (Fsp3) is 0.750. The van der Waals surface area contributed by atoms with Gasteiger partial charge in [-0.15, -0.1) is 0 Å². The number of carbonyl (C=O) groups is 1. The van der Waals surface area contributed by atoms with Crippen molar-refractivity contribution in [3.8, 4) is 0 Å². The van der Waals surface area contributed by atoms with E-state index in [1.807, 2.05) is 11.8 Å². The summed E-state index contributed by atoms with van der Waals surface area (Å²) in [4.78, 5) is 15.0. The van der Waals surface area contributed by atoms with Crippen molar-refractivity contribution in [1.29, 1.82) is 0 Å². The summed E-state index contributed by atoms with van der Waals surface area (Å²) in [5.41, 5.74) is 3.04. The van der Waals surface area contributed by atoms with E-state index in [2.05, 4.69) is 24.5 Å². The number of ether oxygens (including phenoxy) is 1. The van der Waals surface area contributed by atoms with Crippen LogP contribution in [0.2, 0.25) is 0 Å². The maximum absolute atomic E-state index is 13.1. The summed E-state index contributed by atoms with van der Waals surface area (Å²) >= 11 is 0. The molecule has 1 aliphatic heterocycles. The van der Waals surface area contributed by atoms with Crippen molar-refractivity contribution >= 4 is 5.91 Å². The highest BCUT2D eigenvalue weighted by atomic mass is 16.5. The predicted octanol–water partition coefficient (Wildman–Crippen LogP) is 2.83. The molecule has 1 aromatic rings. The van der Waals surface area contributed by atoms with E-state index in [4.69, 9.17) is 4.74 Å². The van der Waals surface area contributed by atoms with Crippen LogP contribution in [0, 0.1) is 19.3 Å². The van der Waals surface area contributed by atoms with Crippen molar-refractivity contribution in [2.24, 2.45) is 5.41 Å². The Kier molecular flexibility index (Phi) is 4.19. The fourth-order valence-corrected chi connectivity index (χ4v) is 5.00. The Labute approximate surface area is 150 Å². The van der Waals surface area contributed by atoms with E-state index in [1.165, 1.54) is 18.5 Å². The zero-order chi connectivity index (χ0) is 17.8.